The van der Waals surface area contributed by atoms with E-state index in [1.165, 1.54) is 24.2 Å². The summed E-state index contributed by atoms with van der Waals surface area (Å²) in [6.07, 6.45) is 5.81. The van der Waals surface area contributed by atoms with Gasteiger partial charge < -0.3 is 15.1 Å². The lowest BCUT2D eigenvalue weighted by Crippen LogP contribution is -2.45. The molecule has 2 amide bonds. The number of anilines is 2. The van der Waals surface area contributed by atoms with Crippen molar-refractivity contribution in [2.45, 2.75) is 44.6 Å². The van der Waals surface area contributed by atoms with Crippen LogP contribution in [0.25, 0.3) is 0 Å². The van der Waals surface area contributed by atoms with Crippen LogP contribution in [0.5, 0.6) is 0 Å². The Kier molecular flexibility index (Phi) is 5.35. The molecule has 0 bridgehead atoms. The van der Waals surface area contributed by atoms with Crippen LogP contribution < -0.4 is 15.1 Å². The molecule has 0 radical (unpaired) electrons. The molecule has 0 unspecified atom stereocenters. The van der Waals surface area contributed by atoms with Gasteiger partial charge in [0.25, 0.3) is 0 Å². The number of nitrogens with zero attached hydrogens (tertiary/aromatic N) is 5. The molecule has 4 rings (SSSR count). The van der Waals surface area contributed by atoms with E-state index in [2.05, 4.69) is 20.4 Å². The van der Waals surface area contributed by atoms with Crippen LogP contribution >= 0.6 is 11.3 Å². The molecule has 3 aliphatic heterocycles. The largest absolute Gasteiger partial charge is 0.353 e. The minimum Gasteiger partial charge on any atom is -0.353 e. The second kappa shape index (κ2) is 7.87. The predicted molar refractivity (Wildman–Crippen MR) is 101 cm³/mol. The Hall–Kier alpha value is -1.74. The average Bonchev–Trinajstić information content (AvgIpc) is 3.41. The number of hydrogen-bond acceptors (Lipinski definition) is 7. The highest BCUT2D eigenvalue weighted by Crippen LogP contribution is 2.33. The van der Waals surface area contributed by atoms with E-state index in [4.69, 9.17) is 0 Å². The normalized spacial score (nSPS) is 24.0. The first-order chi connectivity index (χ1) is 12.7. The SMILES string of the molecule is O=C(NCCN1CCCC1)[C@H]1CCCN1c1nnc(N2CCCC2=O)s1. The zero-order valence-electron chi connectivity index (χ0n) is 15.0. The molecule has 0 saturated carbocycles. The lowest BCUT2D eigenvalue weighted by molar-refractivity contribution is -0.122. The highest BCUT2D eigenvalue weighted by Gasteiger charge is 2.34. The number of carbonyl (C=O) groups is 2. The van der Waals surface area contributed by atoms with E-state index in [9.17, 15) is 9.59 Å². The van der Waals surface area contributed by atoms with E-state index < -0.39 is 0 Å². The summed E-state index contributed by atoms with van der Waals surface area (Å²) in [5, 5.41) is 13.0. The maximum Gasteiger partial charge on any atom is 0.242 e. The van der Waals surface area contributed by atoms with Gasteiger partial charge in [-0.05, 0) is 45.2 Å². The lowest BCUT2D eigenvalue weighted by Gasteiger charge is -2.23. The Morgan fingerprint density at radius 3 is 2.65 bits per heavy atom. The average molecular weight is 379 g/mol. The molecule has 3 saturated heterocycles. The first-order valence-corrected chi connectivity index (χ1v) is 10.4. The number of nitrogens with one attached hydrogen (secondary N) is 1. The summed E-state index contributed by atoms with van der Waals surface area (Å²) < 4.78 is 0. The zero-order chi connectivity index (χ0) is 17.9. The molecule has 142 valence electrons. The van der Waals surface area contributed by atoms with Crippen molar-refractivity contribution < 1.29 is 9.59 Å². The van der Waals surface area contributed by atoms with Gasteiger partial charge in [0.1, 0.15) is 6.04 Å². The molecule has 1 N–H and O–H groups in total. The smallest absolute Gasteiger partial charge is 0.242 e. The van der Waals surface area contributed by atoms with E-state index in [0.29, 0.717) is 24.6 Å². The van der Waals surface area contributed by atoms with Crippen molar-refractivity contribution in [3.8, 4) is 0 Å². The third-order valence-electron chi connectivity index (χ3n) is 5.44. The summed E-state index contributed by atoms with van der Waals surface area (Å²) in [5.74, 6) is 0.195. The van der Waals surface area contributed by atoms with Crippen LogP contribution in [-0.2, 0) is 9.59 Å². The molecular formula is C17H26N6O2S. The predicted octanol–water partition coefficient (Wildman–Crippen LogP) is 0.846. The molecule has 1 aromatic rings. The van der Waals surface area contributed by atoms with Gasteiger partial charge in [0.2, 0.25) is 22.1 Å². The van der Waals surface area contributed by atoms with E-state index in [1.54, 1.807) is 4.90 Å². The summed E-state index contributed by atoms with van der Waals surface area (Å²) in [7, 11) is 0. The zero-order valence-corrected chi connectivity index (χ0v) is 15.8. The van der Waals surface area contributed by atoms with Crippen LogP contribution in [-0.4, -0.2) is 72.2 Å². The summed E-state index contributed by atoms with van der Waals surface area (Å²) in [6.45, 7) is 5.45. The molecule has 4 heterocycles. The van der Waals surface area contributed by atoms with Crippen molar-refractivity contribution in [1.82, 2.24) is 20.4 Å². The fraction of sp³-hybridized carbons (Fsp3) is 0.765. The fourth-order valence-electron chi connectivity index (χ4n) is 4.01. The molecule has 26 heavy (non-hydrogen) atoms. The Bertz CT molecular complexity index is 659. The minimum absolute atomic E-state index is 0.0793. The monoisotopic (exact) mass is 378 g/mol. The molecule has 0 aromatic carbocycles. The number of likely N-dealkylation sites (tertiary alicyclic amines) is 1. The number of rotatable bonds is 6. The van der Waals surface area contributed by atoms with Gasteiger partial charge in [-0.15, -0.1) is 10.2 Å². The molecule has 3 aliphatic rings. The summed E-state index contributed by atoms with van der Waals surface area (Å²) in [4.78, 5) is 30.7. The van der Waals surface area contributed by atoms with E-state index in [0.717, 1.165) is 50.6 Å². The number of hydrogen-bond donors (Lipinski definition) is 1. The standard InChI is InChI=1S/C17H26N6O2S/c24-14-6-4-11-23(14)17-20-19-16(26-17)22-10-3-5-13(22)15(25)18-7-12-21-8-1-2-9-21/h13H,1-12H2,(H,18,25)/t13-/m1/s1. The van der Waals surface area contributed by atoms with Gasteiger partial charge in [-0.2, -0.15) is 0 Å². The summed E-state index contributed by atoms with van der Waals surface area (Å²) in [6, 6.07) is -0.177. The van der Waals surface area contributed by atoms with Crippen molar-refractivity contribution in [2.75, 3.05) is 49.1 Å². The van der Waals surface area contributed by atoms with Crippen molar-refractivity contribution in [3.05, 3.63) is 0 Å². The van der Waals surface area contributed by atoms with Gasteiger partial charge in [0, 0.05) is 32.6 Å². The van der Waals surface area contributed by atoms with Gasteiger partial charge in [-0.1, -0.05) is 11.3 Å². The van der Waals surface area contributed by atoms with Crippen LogP contribution in [0.1, 0.15) is 38.5 Å². The minimum atomic E-state index is -0.177. The third-order valence-corrected chi connectivity index (χ3v) is 6.42. The number of aromatic nitrogens is 2. The van der Waals surface area contributed by atoms with E-state index >= 15 is 0 Å². The van der Waals surface area contributed by atoms with Crippen molar-refractivity contribution in [3.63, 3.8) is 0 Å². The second-order valence-electron chi connectivity index (χ2n) is 7.21. The van der Waals surface area contributed by atoms with Gasteiger partial charge >= 0.3 is 0 Å². The van der Waals surface area contributed by atoms with Crippen LogP contribution in [0.3, 0.4) is 0 Å². The Morgan fingerprint density at radius 2 is 1.88 bits per heavy atom. The van der Waals surface area contributed by atoms with Crippen LogP contribution in [0.4, 0.5) is 10.3 Å². The summed E-state index contributed by atoms with van der Waals surface area (Å²) in [5.41, 5.74) is 0. The van der Waals surface area contributed by atoms with E-state index in [1.807, 2.05) is 4.90 Å². The highest BCUT2D eigenvalue weighted by atomic mass is 32.1. The Balaban J connectivity index is 1.34. The Labute approximate surface area is 157 Å². The molecule has 8 nitrogen and oxygen atoms in total. The molecule has 3 fully saturated rings. The third kappa shape index (κ3) is 3.68. The highest BCUT2D eigenvalue weighted by molar-refractivity contribution is 7.19. The first kappa shape index (κ1) is 17.7. The maximum absolute atomic E-state index is 12.6. The lowest BCUT2D eigenvalue weighted by atomic mass is 10.2. The quantitative estimate of drug-likeness (QED) is 0.790. The molecule has 0 spiro atoms. The van der Waals surface area contributed by atoms with Crippen molar-refractivity contribution >= 4 is 33.4 Å². The van der Waals surface area contributed by atoms with Crippen molar-refractivity contribution in [1.29, 1.82) is 0 Å². The van der Waals surface area contributed by atoms with Crippen LogP contribution in [0.2, 0.25) is 0 Å². The maximum atomic E-state index is 12.6. The Morgan fingerprint density at radius 1 is 1.08 bits per heavy atom. The summed E-state index contributed by atoms with van der Waals surface area (Å²) >= 11 is 1.42. The van der Waals surface area contributed by atoms with Crippen molar-refractivity contribution in [2.24, 2.45) is 0 Å². The molecular weight excluding hydrogens is 352 g/mol. The van der Waals surface area contributed by atoms with Gasteiger partial charge in [0.15, 0.2) is 0 Å². The van der Waals surface area contributed by atoms with Gasteiger partial charge in [-0.25, -0.2) is 0 Å². The van der Waals surface area contributed by atoms with Gasteiger partial charge in [0.05, 0.1) is 0 Å². The second-order valence-corrected chi connectivity index (χ2v) is 8.14. The fourth-order valence-corrected chi connectivity index (χ4v) is 4.98. The molecule has 1 atom stereocenters. The molecule has 9 heteroatoms. The number of amides is 2. The van der Waals surface area contributed by atoms with E-state index in [-0.39, 0.29) is 17.9 Å². The first-order valence-electron chi connectivity index (χ1n) is 9.63. The topological polar surface area (TPSA) is 81.7 Å². The molecule has 0 aliphatic carbocycles. The van der Waals surface area contributed by atoms with Crippen LogP contribution in [0.15, 0.2) is 0 Å². The van der Waals surface area contributed by atoms with Crippen LogP contribution in [0, 0.1) is 0 Å². The molecule has 1 aromatic heterocycles. The number of carbonyl (C=O) groups excluding carboxylic acids is 2. The van der Waals surface area contributed by atoms with Gasteiger partial charge in [-0.3, -0.25) is 14.5 Å².